The molecule has 0 atom stereocenters. The molecule has 1 N–H and O–H groups in total. The largest absolute Gasteiger partial charge is 0.495 e. The molecule has 21 heavy (non-hydrogen) atoms. The molecule has 6 heteroatoms. The average molecular weight is 349 g/mol. The lowest BCUT2D eigenvalue weighted by molar-refractivity contribution is 0.102. The molecule has 2 rings (SSSR count). The molecule has 2 aromatic carbocycles. The highest BCUT2D eigenvalue weighted by atomic mass is 79.9. The Kier molecular flexibility index (Phi) is 4.55. The van der Waals surface area contributed by atoms with Crippen LogP contribution in [0.4, 0.5) is 10.1 Å². The van der Waals surface area contributed by atoms with Gasteiger partial charge in [0.25, 0.3) is 5.91 Å². The summed E-state index contributed by atoms with van der Waals surface area (Å²) in [5.74, 6) is -0.705. The fourth-order valence-electron chi connectivity index (χ4n) is 1.79. The summed E-state index contributed by atoms with van der Waals surface area (Å²) < 4.78 is 18.9. The Hall–Kier alpha value is -2.39. The van der Waals surface area contributed by atoms with Crippen LogP contribution in [0.2, 0.25) is 0 Å². The lowest BCUT2D eigenvalue weighted by atomic mass is 10.1. The third-order valence-corrected chi connectivity index (χ3v) is 3.19. The first-order chi connectivity index (χ1) is 10.0. The number of hydrogen-bond donors (Lipinski definition) is 1. The van der Waals surface area contributed by atoms with E-state index in [2.05, 4.69) is 21.2 Å². The number of carbonyl (C=O) groups is 1. The van der Waals surface area contributed by atoms with Gasteiger partial charge in [0, 0.05) is 10.0 Å². The highest BCUT2D eigenvalue weighted by Crippen LogP contribution is 2.28. The maximum absolute atomic E-state index is 13.3. The Labute approximate surface area is 129 Å². The molecule has 0 radical (unpaired) electrons. The van der Waals surface area contributed by atoms with Crippen LogP contribution in [0.3, 0.4) is 0 Å². The standard InChI is InChI=1S/C15H10BrFN2O2/c1-21-13-4-2-3-9(8-18)14(13)19-15(20)10-5-11(16)7-12(17)6-10/h2-7H,1H3,(H,19,20). The second-order valence-electron chi connectivity index (χ2n) is 4.11. The molecule has 4 nitrogen and oxygen atoms in total. The van der Waals surface area contributed by atoms with Gasteiger partial charge in [0.05, 0.1) is 12.7 Å². The highest BCUT2D eigenvalue weighted by molar-refractivity contribution is 9.10. The highest BCUT2D eigenvalue weighted by Gasteiger charge is 2.14. The van der Waals surface area contributed by atoms with Crippen molar-refractivity contribution >= 4 is 27.5 Å². The number of benzene rings is 2. The fourth-order valence-corrected chi connectivity index (χ4v) is 2.26. The van der Waals surface area contributed by atoms with Crippen LogP contribution in [0, 0.1) is 17.1 Å². The number of nitrogens with one attached hydrogen (secondary N) is 1. The van der Waals surface area contributed by atoms with Crippen LogP contribution in [-0.4, -0.2) is 13.0 Å². The number of ether oxygens (including phenoxy) is 1. The first-order valence-electron chi connectivity index (χ1n) is 5.89. The summed E-state index contributed by atoms with van der Waals surface area (Å²) in [5, 5.41) is 11.7. The Morgan fingerprint density at radius 1 is 1.38 bits per heavy atom. The Morgan fingerprint density at radius 2 is 2.14 bits per heavy atom. The predicted molar refractivity (Wildman–Crippen MR) is 79.8 cm³/mol. The summed E-state index contributed by atoms with van der Waals surface area (Å²) >= 11 is 3.13. The van der Waals surface area contributed by atoms with Gasteiger partial charge in [0.1, 0.15) is 23.3 Å². The molecule has 0 saturated heterocycles. The lowest BCUT2D eigenvalue weighted by Crippen LogP contribution is -2.14. The molecule has 0 bridgehead atoms. The van der Waals surface area contributed by atoms with Gasteiger partial charge in [-0.25, -0.2) is 4.39 Å². The van der Waals surface area contributed by atoms with Crippen LogP contribution in [0.5, 0.6) is 5.75 Å². The molecule has 0 aromatic heterocycles. The number of carbonyl (C=O) groups excluding carboxylic acids is 1. The molecule has 0 unspecified atom stereocenters. The molecule has 0 saturated carbocycles. The smallest absolute Gasteiger partial charge is 0.255 e. The van der Waals surface area contributed by atoms with Gasteiger partial charge in [-0.2, -0.15) is 5.26 Å². The number of amides is 1. The number of nitriles is 1. The Balaban J connectivity index is 2.38. The number of nitrogens with zero attached hydrogens (tertiary/aromatic N) is 1. The van der Waals surface area contributed by atoms with Crippen LogP contribution in [0.1, 0.15) is 15.9 Å². The van der Waals surface area contributed by atoms with Gasteiger partial charge in [0.15, 0.2) is 0 Å². The van der Waals surface area contributed by atoms with Crippen molar-refractivity contribution in [3.63, 3.8) is 0 Å². The number of methoxy groups -OCH3 is 1. The van der Waals surface area contributed by atoms with Crippen molar-refractivity contribution in [1.29, 1.82) is 5.26 Å². The van der Waals surface area contributed by atoms with Crippen LogP contribution in [-0.2, 0) is 0 Å². The number of rotatable bonds is 3. The van der Waals surface area contributed by atoms with Gasteiger partial charge in [-0.15, -0.1) is 0 Å². The monoisotopic (exact) mass is 348 g/mol. The zero-order valence-electron chi connectivity index (χ0n) is 11.0. The molecular weight excluding hydrogens is 339 g/mol. The number of anilines is 1. The first-order valence-corrected chi connectivity index (χ1v) is 6.69. The summed E-state index contributed by atoms with van der Waals surface area (Å²) in [6, 6.07) is 10.6. The van der Waals surface area contributed by atoms with Gasteiger partial charge >= 0.3 is 0 Å². The summed E-state index contributed by atoms with van der Waals surface area (Å²) in [6.07, 6.45) is 0. The molecule has 0 fully saturated rings. The number of halogens is 2. The molecule has 0 heterocycles. The maximum atomic E-state index is 13.3. The molecule has 0 aliphatic carbocycles. The SMILES string of the molecule is COc1cccc(C#N)c1NC(=O)c1cc(F)cc(Br)c1. The molecular formula is C15H10BrFN2O2. The molecule has 0 spiro atoms. The van der Waals surface area contributed by atoms with Crippen LogP contribution < -0.4 is 10.1 Å². The van der Waals surface area contributed by atoms with Crippen molar-refractivity contribution in [2.75, 3.05) is 12.4 Å². The first kappa shape index (κ1) is 15.0. The van der Waals surface area contributed by atoms with Crippen LogP contribution in [0.15, 0.2) is 40.9 Å². The van der Waals surface area contributed by atoms with E-state index in [-0.39, 0.29) is 16.8 Å². The van der Waals surface area contributed by atoms with Gasteiger partial charge in [0.2, 0.25) is 0 Å². The van der Waals surface area contributed by atoms with E-state index in [9.17, 15) is 9.18 Å². The second-order valence-corrected chi connectivity index (χ2v) is 5.02. The molecule has 0 aliphatic rings. The summed E-state index contributed by atoms with van der Waals surface area (Å²) in [5.41, 5.74) is 0.655. The van der Waals surface area contributed by atoms with E-state index >= 15 is 0 Å². The second kappa shape index (κ2) is 6.37. The van der Waals surface area contributed by atoms with Crippen molar-refractivity contribution in [3.8, 4) is 11.8 Å². The molecule has 0 aliphatic heterocycles. The summed E-state index contributed by atoms with van der Waals surface area (Å²) in [6.45, 7) is 0. The van der Waals surface area contributed by atoms with Crippen molar-refractivity contribution < 1.29 is 13.9 Å². The minimum absolute atomic E-state index is 0.136. The number of para-hydroxylation sites is 1. The van der Waals surface area contributed by atoms with E-state index in [0.29, 0.717) is 10.2 Å². The zero-order chi connectivity index (χ0) is 15.4. The minimum Gasteiger partial charge on any atom is -0.495 e. The number of hydrogen-bond acceptors (Lipinski definition) is 3. The van der Waals surface area contributed by atoms with Crippen molar-refractivity contribution in [2.45, 2.75) is 0 Å². The van der Waals surface area contributed by atoms with E-state index in [1.165, 1.54) is 19.2 Å². The minimum atomic E-state index is -0.532. The average Bonchev–Trinajstić information content (AvgIpc) is 2.46. The van der Waals surface area contributed by atoms with E-state index in [0.717, 1.165) is 6.07 Å². The zero-order valence-corrected chi connectivity index (χ0v) is 12.6. The summed E-state index contributed by atoms with van der Waals surface area (Å²) in [7, 11) is 1.44. The van der Waals surface area contributed by atoms with Crippen molar-refractivity contribution in [2.24, 2.45) is 0 Å². The fraction of sp³-hybridized carbons (Fsp3) is 0.0667. The van der Waals surface area contributed by atoms with Crippen molar-refractivity contribution in [1.82, 2.24) is 0 Å². The van der Waals surface area contributed by atoms with E-state index in [4.69, 9.17) is 10.00 Å². The molecule has 106 valence electrons. The lowest BCUT2D eigenvalue weighted by Gasteiger charge is -2.11. The van der Waals surface area contributed by atoms with E-state index in [1.54, 1.807) is 18.2 Å². The Morgan fingerprint density at radius 3 is 2.76 bits per heavy atom. The normalized spacial score (nSPS) is 9.81. The molecule has 1 amide bonds. The van der Waals surface area contributed by atoms with E-state index in [1.807, 2.05) is 6.07 Å². The Bertz CT molecular complexity index is 721. The van der Waals surface area contributed by atoms with Gasteiger partial charge in [-0.1, -0.05) is 22.0 Å². The maximum Gasteiger partial charge on any atom is 0.255 e. The van der Waals surface area contributed by atoms with Gasteiger partial charge in [-0.05, 0) is 30.3 Å². The van der Waals surface area contributed by atoms with Crippen molar-refractivity contribution in [3.05, 3.63) is 57.8 Å². The third-order valence-electron chi connectivity index (χ3n) is 2.73. The van der Waals surface area contributed by atoms with Crippen LogP contribution in [0.25, 0.3) is 0 Å². The molecule has 2 aromatic rings. The quantitative estimate of drug-likeness (QED) is 0.919. The third kappa shape index (κ3) is 3.38. The topological polar surface area (TPSA) is 62.1 Å². The predicted octanol–water partition coefficient (Wildman–Crippen LogP) is 3.72. The van der Waals surface area contributed by atoms with Gasteiger partial charge in [-0.3, -0.25) is 4.79 Å². The summed E-state index contributed by atoms with van der Waals surface area (Å²) in [4.78, 5) is 12.2. The van der Waals surface area contributed by atoms with Crippen LogP contribution >= 0.6 is 15.9 Å². The van der Waals surface area contributed by atoms with E-state index < -0.39 is 11.7 Å². The van der Waals surface area contributed by atoms with Gasteiger partial charge < -0.3 is 10.1 Å².